The van der Waals surface area contributed by atoms with Gasteiger partial charge in [-0.2, -0.15) is 5.10 Å². The zero-order chi connectivity index (χ0) is 13.8. The van der Waals surface area contributed by atoms with E-state index in [-0.39, 0.29) is 5.41 Å². The fourth-order valence-electron chi connectivity index (χ4n) is 2.02. The van der Waals surface area contributed by atoms with Crippen LogP contribution in [0.25, 0.3) is 0 Å². The van der Waals surface area contributed by atoms with Crippen LogP contribution in [0.2, 0.25) is 0 Å². The van der Waals surface area contributed by atoms with Crippen LogP contribution in [-0.4, -0.2) is 34.8 Å². The second-order valence-corrected chi connectivity index (χ2v) is 6.08. The smallest absolute Gasteiger partial charge is 0.0764 e. The molecule has 0 amide bonds. The second kappa shape index (κ2) is 6.34. The summed E-state index contributed by atoms with van der Waals surface area (Å²) < 4.78 is 2.05. The lowest BCUT2D eigenvalue weighted by molar-refractivity contribution is 0.207. The fraction of sp³-hybridized carbons (Fsp3) is 0.786. The van der Waals surface area contributed by atoms with Gasteiger partial charge in [0.05, 0.1) is 5.69 Å². The van der Waals surface area contributed by atoms with E-state index < -0.39 is 0 Å². The highest BCUT2D eigenvalue weighted by molar-refractivity contribution is 4.99. The van der Waals surface area contributed by atoms with Gasteiger partial charge >= 0.3 is 0 Å². The Morgan fingerprint density at radius 1 is 1.50 bits per heavy atom. The van der Waals surface area contributed by atoms with Crippen LogP contribution in [0, 0.1) is 5.41 Å². The molecule has 0 saturated carbocycles. The monoisotopic (exact) mass is 252 g/mol. The highest BCUT2D eigenvalue weighted by Crippen LogP contribution is 2.16. The maximum Gasteiger partial charge on any atom is 0.0764 e. The number of aromatic nitrogens is 2. The summed E-state index contributed by atoms with van der Waals surface area (Å²) in [6, 6.07) is 2.59. The van der Waals surface area contributed by atoms with Gasteiger partial charge in [0.25, 0.3) is 0 Å². The molecule has 1 rings (SSSR count). The van der Waals surface area contributed by atoms with Crippen LogP contribution in [0.4, 0.5) is 0 Å². The van der Waals surface area contributed by atoms with Gasteiger partial charge in [-0.15, -0.1) is 0 Å². The normalized spacial score (nSPS) is 14.2. The topological polar surface area (TPSA) is 47.1 Å². The Bertz CT molecular complexity index is 356. The number of hydrogen-bond donors (Lipinski definition) is 1. The van der Waals surface area contributed by atoms with Crippen molar-refractivity contribution >= 4 is 0 Å². The number of hydrogen-bond acceptors (Lipinski definition) is 3. The van der Waals surface area contributed by atoms with Crippen molar-refractivity contribution in [2.24, 2.45) is 11.1 Å². The first-order valence-electron chi connectivity index (χ1n) is 6.80. The summed E-state index contributed by atoms with van der Waals surface area (Å²) in [4.78, 5) is 2.29. The van der Waals surface area contributed by atoms with Crippen LogP contribution in [0.5, 0.6) is 0 Å². The Hall–Kier alpha value is -0.870. The van der Waals surface area contributed by atoms with Crippen LogP contribution in [-0.2, 0) is 6.54 Å². The predicted octanol–water partition coefficient (Wildman–Crippen LogP) is 2.27. The van der Waals surface area contributed by atoms with Crippen molar-refractivity contribution in [3.05, 3.63) is 18.0 Å². The minimum atomic E-state index is 0.161. The van der Waals surface area contributed by atoms with Crippen molar-refractivity contribution in [2.45, 2.75) is 46.7 Å². The largest absolute Gasteiger partial charge is 0.330 e. The third-order valence-electron chi connectivity index (χ3n) is 3.39. The molecule has 18 heavy (non-hydrogen) atoms. The van der Waals surface area contributed by atoms with Gasteiger partial charge in [0, 0.05) is 25.3 Å². The molecule has 1 heterocycles. The average molecular weight is 252 g/mol. The van der Waals surface area contributed by atoms with E-state index in [1.54, 1.807) is 0 Å². The van der Waals surface area contributed by atoms with E-state index in [1.807, 2.05) is 0 Å². The summed E-state index contributed by atoms with van der Waals surface area (Å²) in [5.74, 6) is 0. The van der Waals surface area contributed by atoms with E-state index in [0.717, 1.165) is 25.2 Å². The van der Waals surface area contributed by atoms with Crippen molar-refractivity contribution in [1.29, 1.82) is 0 Å². The Morgan fingerprint density at radius 2 is 2.17 bits per heavy atom. The molecule has 1 aromatic rings. The van der Waals surface area contributed by atoms with Crippen LogP contribution < -0.4 is 5.73 Å². The molecule has 104 valence electrons. The van der Waals surface area contributed by atoms with Gasteiger partial charge in [-0.05, 0) is 38.4 Å². The van der Waals surface area contributed by atoms with E-state index in [4.69, 9.17) is 5.73 Å². The summed E-state index contributed by atoms with van der Waals surface area (Å²) in [5, 5.41) is 4.62. The minimum absolute atomic E-state index is 0.161. The van der Waals surface area contributed by atoms with Crippen LogP contribution in [0.1, 0.15) is 45.9 Å². The number of rotatable bonds is 7. The Kier molecular flexibility index (Phi) is 5.35. The Balaban J connectivity index is 2.54. The first kappa shape index (κ1) is 15.2. The molecule has 2 N–H and O–H groups in total. The molecule has 0 fully saturated rings. The highest BCUT2D eigenvalue weighted by Gasteiger charge is 2.18. The second-order valence-electron chi connectivity index (χ2n) is 6.08. The van der Waals surface area contributed by atoms with Crippen LogP contribution in [0.3, 0.4) is 0 Å². The van der Waals surface area contributed by atoms with Gasteiger partial charge in [-0.3, -0.25) is 9.58 Å². The van der Waals surface area contributed by atoms with E-state index in [1.165, 1.54) is 0 Å². The summed E-state index contributed by atoms with van der Waals surface area (Å²) in [5.41, 5.74) is 7.05. The van der Waals surface area contributed by atoms with Crippen molar-refractivity contribution in [1.82, 2.24) is 14.7 Å². The zero-order valence-corrected chi connectivity index (χ0v) is 12.5. The lowest BCUT2D eigenvalue weighted by Gasteiger charge is -2.28. The van der Waals surface area contributed by atoms with E-state index in [9.17, 15) is 0 Å². The maximum atomic E-state index is 5.76. The van der Waals surface area contributed by atoms with Gasteiger partial charge in [0.2, 0.25) is 0 Å². The maximum absolute atomic E-state index is 5.76. The lowest BCUT2D eigenvalue weighted by atomic mass is 9.93. The highest BCUT2D eigenvalue weighted by atomic mass is 15.3. The van der Waals surface area contributed by atoms with Gasteiger partial charge in [-0.1, -0.05) is 20.8 Å². The van der Waals surface area contributed by atoms with Crippen molar-refractivity contribution in [2.75, 3.05) is 20.1 Å². The third-order valence-corrected chi connectivity index (χ3v) is 3.39. The Labute approximate surface area is 111 Å². The predicted molar refractivity (Wildman–Crippen MR) is 76.4 cm³/mol. The van der Waals surface area contributed by atoms with Gasteiger partial charge in [0.1, 0.15) is 0 Å². The fourth-order valence-corrected chi connectivity index (χ4v) is 2.02. The van der Waals surface area contributed by atoms with Crippen molar-refractivity contribution < 1.29 is 0 Å². The molecular weight excluding hydrogens is 224 g/mol. The minimum Gasteiger partial charge on any atom is -0.330 e. The van der Waals surface area contributed by atoms with Gasteiger partial charge < -0.3 is 5.73 Å². The lowest BCUT2D eigenvalue weighted by Crippen LogP contribution is -2.36. The van der Waals surface area contributed by atoms with Crippen molar-refractivity contribution in [3.8, 4) is 0 Å². The number of nitrogens with two attached hydrogens (primary N) is 1. The molecule has 0 bridgehead atoms. The molecule has 0 aliphatic heterocycles. The molecule has 0 saturated heterocycles. The van der Waals surface area contributed by atoms with E-state index >= 15 is 0 Å². The molecule has 0 spiro atoms. The molecule has 0 aliphatic rings. The molecule has 4 nitrogen and oxygen atoms in total. The molecule has 0 aliphatic carbocycles. The molecule has 1 atom stereocenters. The quantitative estimate of drug-likeness (QED) is 0.810. The third kappa shape index (κ3) is 4.42. The van der Waals surface area contributed by atoms with E-state index in [2.05, 4.69) is 61.7 Å². The SMILES string of the molecule is CCC(C)n1ccc(CN(C)CC(C)(C)CN)n1. The number of nitrogens with zero attached hydrogens (tertiary/aromatic N) is 3. The average Bonchev–Trinajstić information content (AvgIpc) is 2.75. The van der Waals surface area contributed by atoms with Gasteiger partial charge in [0.15, 0.2) is 0 Å². The molecule has 1 aromatic heterocycles. The van der Waals surface area contributed by atoms with Crippen molar-refractivity contribution in [3.63, 3.8) is 0 Å². The van der Waals surface area contributed by atoms with Crippen LogP contribution >= 0.6 is 0 Å². The standard InChI is InChI=1S/C14H28N4/c1-6-12(2)18-8-7-13(16-18)9-17(5)11-14(3,4)10-15/h7-8,12H,6,9-11,15H2,1-5H3. The summed E-state index contributed by atoms with van der Waals surface area (Å²) in [7, 11) is 2.12. The molecule has 4 heteroatoms. The first-order chi connectivity index (χ1) is 8.38. The molecule has 0 radical (unpaired) electrons. The van der Waals surface area contributed by atoms with Crippen LogP contribution in [0.15, 0.2) is 12.3 Å². The van der Waals surface area contributed by atoms with E-state index in [0.29, 0.717) is 12.6 Å². The zero-order valence-electron chi connectivity index (χ0n) is 12.5. The first-order valence-corrected chi connectivity index (χ1v) is 6.80. The summed E-state index contributed by atoms with van der Waals surface area (Å²) in [6.07, 6.45) is 3.18. The molecule has 0 aromatic carbocycles. The summed E-state index contributed by atoms with van der Waals surface area (Å²) >= 11 is 0. The summed E-state index contributed by atoms with van der Waals surface area (Å²) in [6.45, 7) is 11.3. The molecular formula is C14H28N4. The van der Waals surface area contributed by atoms with Gasteiger partial charge in [-0.25, -0.2) is 0 Å². The molecule has 1 unspecified atom stereocenters. The Morgan fingerprint density at radius 3 is 2.72 bits per heavy atom.